The molecule has 0 aromatic heterocycles. The highest BCUT2D eigenvalue weighted by Crippen LogP contribution is 2.54. The van der Waals surface area contributed by atoms with Gasteiger partial charge in [0.25, 0.3) is 0 Å². The molecule has 5 rings (SSSR count). The summed E-state index contributed by atoms with van der Waals surface area (Å²) in [7, 11) is 3.65. The Morgan fingerprint density at radius 2 is 1.45 bits per heavy atom. The standard InChI is InChI=1S/C32H36BrNO4/c1-31(2)14-22-29(24(35)16-31)28(30-23(34(22)5)15-32(3,4)17-25(30)36)19-11-12-26(27(13-19)37-6)38-18-20-9-7-8-10-21(20)33/h7-13,28H,14-18H2,1-6H3. The molecule has 1 aliphatic heterocycles. The molecule has 0 N–H and O–H groups in total. The van der Waals surface area contributed by atoms with Crippen LogP contribution in [0.3, 0.4) is 0 Å². The number of nitrogens with zero attached hydrogens (tertiary/aromatic N) is 1. The molecular weight excluding hydrogens is 542 g/mol. The Bertz CT molecular complexity index is 1330. The van der Waals surface area contributed by atoms with Gasteiger partial charge in [0.15, 0.2) is 23.1 Å². The zero-order valence-electron chi connectivity index (χ0n) is 23.1. The summed E-state index contributed by atoms with van der Waals surface area (Å²) < 4.78 is 12.9. The number of methoxy groups -OCH3 is 1. The minimum atomic E-state index is -0.394. The van der Waals surface area contributed by atoms with Crippen LogP contribution in [0.15, 0.2) is 69.5 Å². The van der Waals surface area contributed by atoms with Crippen molar-refractivity contribution in [2.75, 3.05) is 14.2 Å². The number of Topliss-reactive ketones (excluding diaryl/α,β-unsaturated/α-hetero) is 2. The zero-order chi connectivity index (χ0) is 27.4. The van der Waals surface area contributed by atoms with Crippen LogP contribution in [-0.4, -0.2) is 30.6 Å². The number of allylic oxidation sites excluding steroid dienone is 4. The summed E-state index contributed by atoms with van der Waals surface area (Å²) in [6.07, 6.45) is 2.55. The first-order chi connectivity index (χ1) is 17.9. The number of carbonyl (C=O) groups excluding carboxylic acids is 2. The number of hydrogen-bond donors (Lipinski definition) is 0. The summed E-state index contributed by atoms with van der Waals surface area (Å²) in [4.78, 5) is 29.6. The largest absolute Gasteiger partial charge is 0.493 e. The second kappa shape index (κ2) is 9.71. The Morgan fingerprint density at radius 1 is 0.868 bits per heavy atom. The lowest BCUT2D eigenvalue weighted by atomic mass is 9.64. The predicted molar refractivity (Wildman–Crippen MR) is 152 cm³/mol. The second-order valence-electron chi connectivity index (χ2n) is 12.4. The number of ketones is 2. The van der Waals surface area contributed by atoms with Crippen LogP contribution in [0.2, 0.25) is 0 Å². The Labute approximate surface area is 234 Å². The van der Waals surface area contributed by atoms with E-state index in [4.69, 9.17) is 9.47 Å². The minimum Gasteiger partial charge on any atom is -0.493 e. The molecule has 0 atom stereocenters. The lowest BCUT2D eigenvalue weighted by Crippen LogP contribution is -2.43. The average molecular weight is 579 g/mol. The summed E-state index contributed by atoms with van der Waals surface area (Å²) in [5.41, 5.74) is 5.31. The lowest BCUT2D eigenvalue weighted by molar-refractivity contribution is -0.119. The van der Waals surface area contributed by atoms with E-state index in [2.05, 4.69) is 48.5 Å². The van der Waals surface area contributed by atoms with Crippen molar-refractivity contribution in [3.8, 4) is 11.5 Å². The van der Waals surface area contributed by atoms with Crippen molar-refractivity contribution in [1.29, 1.82) is 0 Å². The summed E-state index contributed by atoms with van der Waals surface area (Å²) in [5.74, 6) is 1.08. The zero-order valence-corrected chi connectivity index (χ0v) is 24.7. The molecule has 0 radical (unpaired) electrons. The highest BCUT2D eigenvalue weighted by Gasteiger charge is 2.48. The van der Waals surface area contributed by atoms with Crippen molar-refractivity contribution in [3.05, 3.63) is 80.6 Å². The van der Waals surface area contributed by atoms with Gasteiger partial charge in [-0.1, -0.05) is 67.9 Å². The van der Waals surface area contributed by atoms with E-state index in [0.717, 1.165) is 51.0 Å². The van der Waals surface area contributed by atoms with E-state index in [-0.39, 0.29) is 22.4 Å². The predicted octanol–water partition coefficient (Wildman–Crippen LogP) is 7.35. The van der Waals surface area contributed by atoms with Gasteiger partial charge in [0.05, 0.1) is 7.11 Å². The molecule has 3 aliphatic rings. The maximum atomic E-state index is 13.7. The molecular formula is C32H36BrNO4. The van der Waals surface area contributed by atoms with E-state index >= 15 is 0 Å². The summed E-state index contributed by atoms with van der Waals surface area (Å²) in [6.45, 7) is 8.99. The average Bonchev–Trinajstić information content (AvgIpc) is 2.83. The van der Waals surface area contributed by atoms with Crippen molar-refractivity contribution in [3.63, 3.8) is 0 Å². The van der Waals surface area contributed by atoms with E-state index in [0.29, 0.717) is 30.9 Å². The second-order valence-corrected chi connectivity index (χ2v) is 13.2. The van der Waals surface area contributed by atoms with Crippen LogP contribution in [-0.2, 0) is 16.2 Å². The third-order valence-corrected chi connectivity index (χ3v) is 8.82. The number of hydrogen-bond acceptors (Lipinski definition) is 5. The first-order valence-electron chi connectivity index (χ1n) is 13.2. The van der Waals surface area contributed by atoms with Crippen LogP contribution < -0.4 is 9.47 Å². The number of halogens is 1. The number of ether oxygens (including phenoxy) is 2. The van der Waals surface area contributed by atoms with Crippen LogP contribution in [0.25, 0.3) is 0 Å². The van der Waals surface area contributed by atoms with Gasteiger partial charge in [-0.3, -0.25) is 9.59 Å². The van der Waals surface area contributed by atoms with Crippen LogP contribution in [0, 0.1) is 10.8 Å². The van der Waals surface area contributed by atoms with Gasteiger partial charge in [-0.25, -0.2) is 0 Å². The smallest absolute Gasteiger partial charge is 0.162 e. The van der Waals surface area contributed by atoms with E-state index in [1.54, 1.807) is 7.11 Å². The Hall–Kier alpha value is -2.86. The molecule has 1 heterocycles. The fraction of sp³-hybridized carbons (Fsp3) is 0.438. The van der Waals surface area contributed by atoms with Crippen molar-refractivity contribution < 1.29 is 19.1 Å². The van der Waals surface area contributed by atoms with Gasteiger partial charge in [0.2, 0.25) is 0 Å². The quantitative estimate of drug-likeness (QED) is 0.371. The normalized spacial score (nSPS) is 20.9. The van der Waals surface area contributed by atoms with Crippen molar-refractivity contribution in [1.82, 2.24) is 4.90 Å². The van der Waals surface area contributed by atoms with E-state index < -0.39 is 5.92 Å². The maximum Gasteiger partial charge on any atom is 0.162 e. The van der Waals surface area contributed by atoms with E-state index in [9.17, 15) is 9.59 Å². The number of rotatable bonds is 5. The lowest BCUT2D eigenvalue weighted by Gasteiger charge is -2.47. The monoisotopic (exact) mass is 577 g/mol. The van der Waals surface area contributed by atoms with Crippen molar-refractivity contribution in [2.24, 2.45) is 10.8 Å². The molecule has 38 heavy (non-hydrogen) atoms. The molecule has 0 amide bonds. The van der Waals surface area contributed by atoms with Gasteiger partial charge in [-0.15, -0.1) is 0 Å². The molecule has 200 valence electrons. The summed E-state index contributed by atoms with van der Waals surface area (Å²) >= 11 is 3.58. The van der Waals surface area contributed by atoms with Gasteiger partial charge in [0, 0.05) is 58.4 Å². The fourth-order valence-corrected chi connectivity index (χ4v) is 6.65. The molecule has 0 fully saturated rings. The third-order valence-electron chi connectivity index (χ3n) is 8.04. The molecule has 2 aliphatic carbocycles. The molecule has 0 saturated heterocycles. The van der Waals surface area contributed by atoms with Crippen LogP contribution in [0.4, 0.5) is 0 Å². The highest BCUT2D eigenvalue weighted by molar-refractivity contribution is 9.10. The number of benzene rings is 2. The molecule has 0 saturated carbocycles. The van der Waals surface area contributed by atoms with Gasteiger partial charge < -0.3 is 14.4 Å². The van der Waals surface area contributed by atoms with Crippen LogP contribution in [0.5, 0.6) is 11.5 Å². The van der Waals surface area contributed by atoms with Crippen molar-refractivity contribution >= 4 is 27.5 Å². The Morgan fingerprint density at radius 3 is 2.00 bits per heavy atom. The fourth-order valence-electron chi connectivity index (χ4n) is 6.25. The molecule has 0 spiro atoms. The highest BCUT2D eigenvalue weighted by atomic mass is 79.9. The van der Waals surface area contributed by atoms with Gasteiger partial charge in [0.1, 0.15) is 6.61 Å². The first kappa shape index (κ1) is 26.7. The summed E-state index contributed by atoms with van der Waals surface area (Å²) in [5, 5.41) is 0. The first-order valence-corrected chi connectivity index (χ1v) is 14.0. The number of carbonyl (C=O) groups is 2. The van der Waals surface area contributed by atoms with Gasteiger partial charge in [-0.2, -0.15) is 0 Å². The topological polar surface area (TPSA) is 55.8 Å². The molecule has 0 unspecified atom stereocenters. The molecule has 2 aromatic carbocycles. The molecule has 5 nitrogen and oxygen atoms in total. The SMILES string of the molecule is COc1cc(C2C3=C(CC(C)(C)CC3=O)N(C)C3=C2C(=O)CC(C)(C)C3)ccc1OCc1ccccc1Br. The summed E-state index contributed by atoms with van der Waals surface area (Å²) in [6, 6.07) is 13.8. The van der Waals surface area contributed by atoms with Crippen LogP contribution in [0.1, 0.15) is 70.4 Å². The molecule has 6 heteroatoms. The maximum absolute atomic E-state index is 13.7. The molecule has 0 bridgehead atoms. The van der Waals surface area contributed by atoms with E-state index in [1.165, 1.54) is 0 Å². The minimum absolute atomic E-state index is 0.123. The Balaban J connectivity index is 1.59. The van der Waals surface area contributed by atoms with E-state index in [1.807, 2.05) is 49.5 Å². The van der Waals surface area contributed by atoms with Gasteiger partial charge in [-0.05, 0) is 47.4 Å². The van der Waals surface area contributed by atoms with Crippen molar-refractivity contribution in [2.45, 2.75) is 65.9 Å². The van der Waals surface area contributed by atoms with Crippen LogP contribution >= 0.6 is 15.9 Å². The van der Waals surface area contributed by atoms with Gasteiger partial charge >= 0.3 is 0 Å². The Kier molecular flexibility index (Phi) is 6.83. The molecule has 2 aromatic rings. The third kappa shape index (κ3) is 4.84.